The van der Waals surface area contributed by atoms with Gasteiger partial charge in [0.05, 0.1) is 6.61 Å². The summed E-state index contributed by atoms with van der Waals surface area (Å²) in [6.07, 6.45) is 8.70. The number of imidazole rings is 1. The number of hydrogen-bond acceptors (Lipinski definition) is 3. The summed E-state index contributed by atoms with van der Waals surface area (Å²) in [6.45, 7) is 9.47. The summed E-state index contributed by atoms with van der Waals surface area (Å²) in [5.41, 5.74) is 2.64. The van der Waals surface area contributed by atoms with Gasteiger partial charge in [0.2, 0.25) is 0 Å². The van der Waals surface area contributed by atoms with Crippen molar-refractivity contribution >= 4 is 0 Å². The van der Waals surface area contributed by atoms with Gasteiger partial charge in [0.1, 0.15) is 11.6 Å². The van der Waals surface area contributed by atoms with Crippen LogP contribution in [0.25, 0.3) is 0 Å². The van der Waals surface area contributed by atoms with E-state index in [9.17, 15) is 0 Å². The third-order valence-corrected chi connectivity index (χ3v) is 6.27. The number of ether oxygens (including phenoxy) is 1. The average molecular weight is 368 g/mol. The highest BCUT2D eigenvalue weighted by atomic mass is 16.5. The molecule has 4 rings (SSSR count). The third-order valence-electron chi connectivity index (χ3n) is 6.27. The molecule has 0 amide bonds. The SMILES string of the molecule is CCOc1ccccc1CN1CCCC(Cn2c(C)cnc2C2CCC2)C1. The molecule has 1 saturated heterocycles. The van der Waals surface area contributed by atoms with Gasteiger partial charge in [-0.25, -0.2) is 4.98 Å². The smallest absolute Gasteiger partial charge is 0.123 e. The van der Waals surface area contributed by atoms with E-state index in [1.165, 1.54) is 62.3 Å². The van der Waals surface area contributed by atoms with Crippen LogP contribution in [0.2, 0.25) is 0 Å². The van der Waals surface area contributed by atoms with Crippen molar-refractivity contribution in [2.75, 3.05) is 19.7 Å². The third kappa shape index (κ3) is 4.21. The Morgan fingerprint density at radius 2 is 2.00 bits per heavy atom. The van der Waals surface area contributed by atoms with Gasteiger partial charge in [0, 0.05) is 43.0 Å². The van der Waals surface area contributed by atoms with Gasteiger partial charge in [-0.3, -0.25) is 4.90 Å². The molecule has 0 N–H and O–H groups in total. The van der Waals surface area contributed by atoms with E-state index < -0.39 is 0 Å². The fourth-order valence-corrected chi connectivity index (χ4v) is 4.58. The minimum atomic E-state index is 0.705. The zero-order valence-electron chi connectivity index (χ0n) is 16.9. The van der Waals surface area contributed by atoms with Gasteiger partial charge in [-0.15, -0.1) is 0 Å². The zero-order chi connectivity index (χ0) is 18.6. The second-order valence-corrected chi connectivity index (χ2v) is 8.28. The minimum Gasteiger partial charge on any atom is -0.494 e. The number of piperidine rings is 1. The summed E-state index contributed by atoms with van der Waals surface area (Å²) >= 11 is 0. The summed E-state index contributed by atoms with van der Waals surface area (Å²) in [5, 5.41) is 0. The van der Waals surface area contributed by atoms with Crippen molar-refractivity contribution in [2.24, 2.45) is 5.92 Å². The fourth-order valence-electron chi connectivity index (χ4n) is 4.58. The number of hydrogen-bond donors (Lipinski definition) is 0. The molecule has 1 atom stereocenters. The monoisotopic (exact) mass is 367 g/mol. The molecule has 1 aliphatic heterocycles. The van der Waals surface area contributed by atoms with Gasteiger partial charge >= 0.3 is 0 Å². The molecule has 0 spiro atoms. The molecule has 4 nitrogen and oxygen atoms in total. The predicted molar refractivity (Wildman–Crippen MR) is 109 cm³/mol. The van der Waals surface area contributed by atoms with Crippen LogP contribution in [-0.2, 0) is 13.1 Å². The van der Waals surface area contributed by atoms with E-state index in [2.05, 4.69) is 53.8 Å². The lowest BCUT2D eigenvalue weighted by Gasteiger charge is -2.34. The molecule has 2 aromatic rings. The number of likely N-dealkylation sites (tertiary alicyclic amines) is 1. The molecule has 146 valence electrons. The lowest BCUT2D eigenvalue weighted by Crippen LogP contribution is -2.37. The first-order valence-electron chi connectivity index (χ1n) is 10.7. The number of benzene rings is 1. The van der Waals surface area contributed by atoms with Gasteiger partial charge in [0.15, 0.2) is 0 Å². The molecule has 1 aliphatic carbocycles. The standard InChI is InChI=1S/C23H33N3O/c1-3-27-22-12-5-4-9-21(22)17-25-13-7-8-19(15-25)16-26-18(2)14-24-23(26)20-10-6-11-20/h4-5,9,12,14,19-20H,3,6-8,10-11,13,15-17H2,1-2H3. The van der Waals surface area contributed by atoms with Gasteiger partial charge in [-0.2, -0.15) is 0 Å². The van der Waals surface area contributed by atoms with Crippen LogP contribution < -0.4 is 4.74 Å². The minimum absolute atomic E-state index is 0.705. The fraction of sp³-hybridized carbons (Fsp3) is 0.609. The Morgan fingerprint density at radius 1 is 1.15 bits per heavy atom. The van der Waals surface area contributed by atoms with E-state index in [-0.39, 0.29) is 0 Å². The summed E-state index contributed by atoms with van der Waals surface area (Å²) in [4.78, 5) is 7.37. The van der Waals surface area contributed by atoms with Crippen molar-refractivity contribution in [1.82, 2.24) is 14.5 Å². The molecular weight excluding hydrogens is 334 g/mol. The van der Waals surface area contributed by atoms with Crippen LogP contribution in [0.4, 0.5) is 0 Å². The highest BCUT2D eigenvalue weighted by Gasteiger charge is 2.27. The number of para-hydroxylation sites is 1. The molecule has 4 heteroatoms. The Kier molecular flexibility index (Phi) is 5.82. The van der Waals surface area contributed by atoms with Crippen LogP contribution in [0, 0.1) is 12.8 Å². The zero-order valence-corrected chi connectivity index (χ0v) is 16.9. The topological polar surface area (TPSA) is 30.3 Å². The van der Waals surface area contributed by atoms with Crippen molar-refractivity contribution in [3.63, 3.8) is 0 Å². The maximum Gasteiger partial charge on any atom is 0.123 e. The summed E-state index contributed by atoms with van der Waals surface area (Å²) < 4.78 is 8.35. The lowest BCUT2D eigenvalue weighted by molar-refractivity contribution is 0.152. The van der Waals surface area contributed by atoms with Gasteiger partial charge in [0.25, 0.3) is 0 Å². The second-order valence-electron chi connectivity index (χ2n) is 8.28. The summed E-state index contributed by atoms with van der Waals surface area (Å²) in [6, 6.07) is 8.50. The molecule has 1 aromatic carbocycles. The Bertz CT molecular complexity index is 750. The van der Waals surface area contributed by atoms with Crippen LogP contribution in [0.5, 0.6) is 5.75 Å². The Morgan fingerprint density at radius 3 is 2.78 bits per heavy atom. The number of aromatic nitrogens is 2. The van der Waals surface area contributed by atoms with Crippen LogP contribution >= 0.6 is 0 Å². The van der Waals surface area contributed by atoms with E-state index in [0.717, 1.165) is 25.4 Å². The molecule has 1 aromatic heterocycles. The maximum atomic E-state index is 5.83. The van der Waals surface area contributed by atoms with Crippen LogP contribution in [-0.4, -0.2) is 34.1 Å². The van der Waals surface area contributed by atoms with Gasteiger partial charge < -0.3 is 9.30 Å². The first-order chi connectivity index (χ1) is 13.2. The Balaban J connectivity index is 1.41. The average Bonchev–Trinajstić information content (AvgIpc) is 2.97. The van der Waals surface area contributed by atoms with Crippen molar-refractivity contribution in [3.05, 3.63) is 47.5 Å². The molecular formula is C23H33N3O. The molecule has 1 saturated carbocycles. The largest absolute Gasteiger partial charge is 0.494 e. The lowest BCUT2D eigenvalue weighted by atomic mass is 9.84. The second kappa shape index (κ2) is 8.47. The Labute approximate surface area is 163 Å². The van der Waals surface area contributed by atoms with E-state index in [0.29, 0.717) is 11.8 Å². The van der Waals surface area contributed by atoms with Crippen molar-refractivity contribution in [1.29, 1.82) is 0 Å². The quantitative estimate of drug-likeness (QED) is 0.706. The van der Waals surface area contributed by atoms with Crippen molar-refractivity contribution in [2.45, 2.75) is 65.0 Å². The number of nitrogens with zero attached hydrogens (tertiary/aromatic N) is 3. The van der Waals surface area contributed by atoms with E-state index >= 15 is 0 Å². The molecule has 2 heterocycles. The highest BCUT2D eigenvalue weighted by Crippen LogP contribution is 2.36. The number of rotatable bonds is 7. The normalized spacial score (nSPS) is 21.2. The molecule has 0 bridgehead atoms. The van der Waals surface area contributed by atoms with Crippen LogP contribution in [0.3, 0.4) is 0 Å². The molecule has 2 aliphatic rings. The van der Waals surface area contributed by atoms with Crippen molar-refractivity contribution < 1.29 is 4.74 Å². The first-order valence-corrected chi connectivity index (χ1v) is 10.7. The summed E-state index contributed by atoms with van der Waals surface area (Å²) in [5.74, 6) is 3.80. The van der Waals surface area contributed by atoms with Crippen LogP contribution in [0.1, 0.15) is 62.0 Å². The molecule has 27 heavy (non-hydrogen) atoms. The Hall–Kier alpha value is -1.81. The molecule has 1 unspecified atom stereocenters. The van der Waals surface area contributed by atoms with E-state index in [1.807, 2.05) is 0 Å². The maximum absolute atomic E-state index is 5.83. The van der Waals surface area contributed by atoms with Gasteiger partial charge in [-0.1, -0.05) is 24.6 Å². The highest BCUT2D eigenvalue weighted by molar-refractivity contribution is 5.33. The van der Waals surface area contributed by atoms with Gasteiger partial charge in [-0.05, 0) is 58.1 Å². The molecule has 0 radical (unpaired) electrons. The first kappa shape index (κ1) is 18.5. The van der Waals surface area contributed by atoms with Crippen molar-refractivity contribution in [3.8, 4) is 5.75 Å². The summed E-state index contributed by atoms with van der Waals surface area (Å²) in [7, 11) is 0. The van der Waals surface area contributed by atoms with E-state index in [1.54, 1.807) is 0 Å². The van der Waals surface area contributed by atoms with Crippen LogP contribution in [0.15, 0.2) is 30.5 Å². The molecule has 2 fully saturated rings. The van der Waals surface area contributed by atoms with E-state index in [4.69, 9.17) is 9.72 Å². The number of aryl methyl sites for hydroxylation is 1. The predicted octanol–water partition coefficient (Wildman–Crippen LogP) is 4.77.